The Morgan fingerprint density at radius 3 is 2.64 bits per heavy atom. The monoisotopic (exact) mass is 178 g/mol. The van der Waals surface area contributed by atoms with Gasteiger partial charge in [-0.05, 0) is 25.7 Å². The van der Waals surface area contributed by atoms with Gasteiger partial charge >= 0.3 is 6.16 Å². The molecule has 0 aromatic rings. The standard InChI is InChI=1S/C7H11ClO3/c8-5-10-7(9)11-6-3-1-2-4-6/h6H,1-5H2. The Labute approximate surface area is 70.6 Å². The molecule has 1 saturated carbocycles. The zero-order valence-electron chi connectivity index (χ0n) is 6.22. The van der Waals surface area contributed by atoms with Gasteiger partial charge in [-0.1, -0.05) is 11.6 Å². The average Bonchev–Trinajstić information content (AvgIpc) is 2.40. The number of carbonyl (C=O) groups is 1. The van der Waals surface area contributed by atoms with Gasteiger partial charge in [0, 0.05) is 0 Å². The van der Waals surface area contributed by atoms with E-state index in [1.165, 1.54) is 0 Å². The predicted molar refractivity (Wildman–Crippen MR) is 40.5 cm³/mol. The third-order valence-electron chi connectivity index (χ3n) is 1.74. The van der Waals surface area contributed by atoms with Crippen LogP contribution in [0.4, 0.5) is 4.79 Å². The van der Waals surface area contributed by atoms with E-state index in [0.717, 1.165) is 25.7 Å². The molecule has 4 heteroatoms. The van der Waals surface area contributed by atoms with Gasteiger partial charge in [0.2, 0.25) is 0 Å². The molecule has 0 N–H and O–H groups in total. The van der Waals surface area contributed by atoms with Crippen molar-refractivity contribution in [2.45, 2.75) is 31.8 Å². The first-order chi connectivity index (χ1) is 5.33. The fraction of sp³-hybridized carbons (Fsp3) is 0.857. The maximum Gasteiger partial charge on any atom is 0.509 e. The highest BCUT2D eigenvalue weighted by Crippen LogP contribution is 2.21. The zero-order valence-corrected chi connectivity index (χ0v) is 6.97. The van der Waals surface area contributed by atoms with Crippen LogP contribution in [0.2, 0.25) is 0 Å². The van der Waals surface area contributed by atoms with Crippen molar-refractivity contribution >= 4 is 17.8 Å². The molecule has 0 aromatic heterocycles. The molecule has 3 nitrogen and oxygen atoms in total. The Kier molecular flexibility index (Phi) is 3.49. The second kappa shape index (κ2) is 4.44. The van der Waals surface area contributed by atoms with Crippen molar-refractivity contribution in [3.8, 4) is 0 Å². The number of carbonyl (C=O) groups excluding carboxylic acids is 1. The van der Waals surface area contributed by atoms with E-state index in [-0.39, 0.29) is 12.2 Å². The fourth-order valence-corrected chi connectivity index (χ4v) is 1.31. The van der Waals surface area contributed by atoms with Gasteiger partial charge in [0.1, 0.15) is 6.10 Å². The summed E-state index contributed by atoms with van der Waals surface area (Å²) in [5.41, 5.74) is 0. The fourth-order valence-electron chi connectivity index (χ4n) is 1.22. The number of halogens is 1. The highest BCUT2D eigenvalue weighted by molar-refractivity contribution is 6.17. The molecule has 64 valence electrons. The molecular weight excluding hydrogens is 168 g/mol. The topological polar surface area (TPSA) is 35.5 Å². The predicted octanol–water partition coefficient (Wildman–Crippen LogP) is 2.28. The van der Waals surface area contributed by atoms with Crippen molar-refractivity contribution < 1.29 is 14.3 Å². The normalized spacial score (nSPS) is 18.3. The van der Waals surface area contributed by atoms with Crippen LogP contribution in [0.5, 0.6) is 0 Å². The van der Waals surface area contributed by atoms with Crippen molar-refractivity contribution in [2.24, 2.45) is 0 Å². The molecule has 0 saturated heterocycles. The lowest BCUT2D eigenvalue weighted by Crippen LogP contribution is -2.15. The Hall–Kier alpha value is -0.440. The summed E-state index contributed by atoms with van der Waals surface area (Å²) in [6.07, 6.45) is 3.60. The molecule has 1 rings (SSSR count). The van der Waals surface area contributed by atoms with Crippen LogP contribution < -0.4 is 0 Å². The van der Waals surface area contributed by atoms with Crippen molar-refractivity contribution in [1.82, 2.24) is 0 Å². The first-order valence-electron chi connectivity index (χ1n) is 3.72. The molecule has 11 heavy (non-hydrogen) atoms. The van der Waals surface area contributed by atoms with E-state index >= 15 is 0 Å². The lowest BCUT2D eigenvalue weighted by molar-refractivity contribution is 0.0356. The number of hydrogen-bond acceptors (Lipinski definition) is 3. The minimum Gasteiger partial charge on any atom is -0.431 e. The van der Waals surface area contributed by atoms with Gasteiger partial charge in [0.15, 0.2) is 6.07 Å². The Balaban J connectivity index is 2.13. The summed E-state index contributed by atoms with van der Waals surface area (Å²) < 4.78 is 9.31. The van der Waals surface area contributed by atoms with Crippen LogP contribution in [0.25, 0.3) is 0 Å². The van der Waals surface area contributed by atoms with E-state index in [1.54, 1.807) is 0 Å². The minimum absolute atomic E-state index is 0.0608. The van der Waals surface area contributed by atoms with Crippen LogP contribution in [0.3, 0.4) is 0 Å². The molecule has 1 aliphatic carbocycles. The Morgan fingerprint density at radius 2 is 2.09 bits per heavy atom. The molecule has 0 atom stereocenters. The first kappa shape index (κ1) is 8.65. The van der Waals surface area contributed by atoms with Crippen molar-refractivity contribution in [3.05, 3.63) is 0 Å². The lowest BCUT2D eigenvalue weighted by atomic mass is 10.3. The average molecular weight is 179 g/mol. The quantitative estimate of drug-likeness (QED) is 0.481. The molecule has 0 spiro atoms. The van der Waals surface area contributed by atoms with Gasteiger partial charge in [-0.25, -0.2) is 4.79 Å². The summed E-state index contributed by atoms with van der Waals surface area (Å²) >= 11 is 5.16. The summed E-state index contributed by atoms with van der Waals surface area (Å²) in [7, 11) is 0. The molecule has 1 aliphatic rings. The van der Waals surface area contributed by atoms with E-state index in [4.69, 9.17) is 16.3 Å². The smallest absolute Gasteiger partial charge is 0.431 e. The largest absolute Gasteiger partial charge is 0.509 e. The molecule has 0 aliphatic heterocycles. The SMILES string of the molecule is O=C(OCCl)OC1CCCC1. The molecule has 0 radical (unpaired) electrons. The first-order valence-corrected chi connectivity index (χ1v) is 4.26. The molecule has 1 fully saturated rings. The number of alkyl halides is 1. The summed E-state index contributed by atoms with van der Waals surface area (Å²) in [6.45, 7) is 0. The summed E-state index contributed by atoms with van der Waals surface area (Å²) in [6, 6.07) is -0.133. The van der Waals surface area contributed by atoms with Crippen LogP contribution >= 0.6 is 11.6 Å². The van der Waals surface area contributed by atoms with Crippen LogP contribution in [-0.4, -0.2) is 18.3 Å². The third-order valence-corrected chi connectivity index (χ3v) is 1.85. The second-order valence-corrected chi connectivity index (χ2v) is 2.75. The van der Waals surface area contributed by atoms with Crippen LogP contribution in [0, 0.1) is 0 Å². The molecule has 0 bridgehead atoms. The molecular formula is C7H11ClO3. The summed E-state index contributed by atoms with van der Waals surface area (Å²) in [5.74, 6) is 0. The van der Waals surface area contributed by atoms with Gasteiger partial charge in [0.25, 0.3) is 0 Å². The van der Waals surface area contributed by atoms with E-state index in [2.05, 4.69) is 4.74 Å². The maximum atomic E-state index is 10.7. The summed E-state index contributed by atoms with van der Waals surface area (Å²) in [5, 5.41) is 0. The van der Waals surface area contributed by atoms with Gasteiger partial charge in [-0.15, -0.1) is 0 Å². The van der Waals surface area contributed by atoms with Gasteiger partial charge in [0.05, 0.1) is 0 Å². The lowest BCUT2D eigenvalue weighted by Gasteiger charge is -2.09. The van der Waals surface area contributed by atoms with Gasteiger partial charge < -0.3 is 9.47 Å². The van der Waals surface area contributed by atoms with Crippen LogP contribution in [-0.2, 0) is 9.47 Å². The number of ether oxygens (including phenoxy) is 2. The minimum atomic E-state index is -0.646. The van der Waals surface area contributed by atoms with E-state index < -0.39 is 6.16 Å². The van der Waals surface area contributed by atoms with Crippen LogP contribution in [0.1, 0.15) is 25.7 Å². The highest BCUT2D eigenvalue weighted by Gasteiger charge is 2.19. The van der Waals surface area contributed by atoms with Gasteiger partial charge in [-0.2, -0.15) is 0 Å². The Morgan fingerprint density at radius 1 is 1.45 bits per heavy atom. The van der Waals surface area contributed by atoms with Crippen LogP contribution in [0.15, 0.2) is 0 Å². The molecule has 0 aromatic carbocycles. The van der Waals surface area contributed by atoms with Crippen molar-refractivity contribution in [2.75, 3.05) is 6.07 Å². The van der Waals surface area contributed by atoms with Crippen molar-refractivity contribution in [3.63, 3.8) is 0 Å². The maximum absolute atomic E-state index is 10.7. The Bertz CT molecular complexity index is 132. The third kappa shape index (κ3) is 2.97. The highest BCUT2D eigenvalue weighted by atomic mass is 35.5. The van der Waals surface area contributed by atoms with E-state index in [1.807, 2.05) is 0 Å². The van der Waals surface area contributed by atoms with E-state index in [0.29, 0.717) is 0 Å². The zero-order chi connectivity index (χ0) is 8.10. The molecule has 0 heterocycles. The van der Waals surface area contributed by atoms with E-state index in [9.17, 15) is 4.79 Å². The van der Waals surface area contributed by atoms with Crippen molar-refractivity contribution in [1.29, 1.82) is 0 Å². The number of rotatable bonds is 2. The number of hydrogen-bond donors (Lipinski definition) is 0. The summed E-state index contributed by atoms with van der Waals surface area (Å²) in [4.78, 5) is 10.7. The molecule has 0 amide bonds. The van der Waals surface area contributed by atoms with Gasteiger partial charge in [-0.3, -0.25) is 0 Å². The molecule has 0 unspecified atom stereocenters. The second-order valence-electron chi connectivity index (χ2n) is 2.53.